The molecule has 0 amide bonds. The summed E-state index contributed by atoms with van der Waals surface area (Å²) in [6.45, 7) is 3.97. The summed E-state index contributed by atoms with van der Waals surface area (Å²) in [6, 6.07) is 16.2. The number of guanidine groups is 1. The number of hydrogen-bond donors (Lipinski definition) is 2. The zero-order chi connectivity index (χ0) is 16.8. The second kappa shape index (κ2) is 7.73. The zero-order valence-corrected chi connectivity index (χ0v) is 14.1. The molecule has 0 fully saturated rings. The Hall–Kier alpha value is -2.69. The maximum atomic E-state index is 5.93. The van der Waals surface area contributed by atoms with Gasteiger partial charge >= 0.3 is 0 Å². The molecule has 2 aromatic rings. The molecule has 2 aromatic carbocycles. The predicted molar refractivity (Wildman–Crippen MR) is 95.7 cm³/mol. The second-order valence-electron chi connectivity index (χ2n) is 5.79. The van der Waals surface area contributed by atoms with Gasteiger partial charge in [0.2, 0.25) is 0 Å². The van der Waals surface area contributed by atoms with Gasteiger partial charge in [-0.15, -0.1) is 0 Å². The van der Waals surface area contributed by atoms with Crippen LogP contribution >= 0.6 is 0 Å². The second-order valence-corrected chi connectivity index (χ2v) is 5.79. The van der Waals surface area contributed by atoms with Crippen LogP contribution in [-0.2, 0) is 6.54 Å². The molecule has 1 aliphatic heterocycles. The van der Waals surface area contributed by atoms with Gasteiger partial charge < -0.3 is 20.1 Å². The quantitative estimate of drug-likeness (QED) is 0.670. The third kappa shape index (κ3) is 4.19. The Morgan fingerprint density at radius 1 is 1.08 bits per heavy atom. The summed E-state index contributed by atoms with van der Waals surface area (Å²) in [5.74, 6) is 2.34. The normalized spacial score (nSPS) is 16.6. The van der Waals surface area contributed by atoms with Crippen molar-refractivity contribution in [3.05, 3.63) is 59.7 Å². The first-order valence-electron chi connectivity index (χ1n) is 8.13. The first-order chi connectivity index (χ1) is 11.7. The van der Waals surface area contributed by atoms with E-state index in [0.29, 0.717) is 13.2 Å². The molecule has 1 heterocycles. The number of nitrogens with zero attached hydrogens (tertiary/aromatic N) is 1. The number of para-hydroxylation sites is 2. The molecular weight excluding hydrogens is 302 g/mol. The van der Waals surface area contributed by atoms with Crippen molar-refractivity contribution in [2.45, 2.75) is 19.6 Å². The standard InChI is InChI=1S/C19H23N3O2/c1-14-7-9-15(10-8-14)11-21-19(20-2)22-12-16-13-23-17-5-3-4-6-18(17)24-16/h3-10,16H,11-13H2,1-2H3,(H2,20,21,22). The molecule has 0 saturated carbocycles. The number of nitrogens with one attached hydrogen (secondary N) is 2. The molecule has 5 nitrogen and oxygen atoms in total. The monoisotopic (exact) mass is 325 g/mol. The van der Waals surface area contributed by atoms with Crippen LogP contribution in [0.25, 0.3) is 0 Å². The Morgan fingerprint density at radius 3 is 2.58 bits per heavy atom. The molecule has 5 heteroatoms. The smallest absolute Gasteiger partial charge is 0.191 e. The molecule has 24 heavy (non-hydrogen) atoms. The molecule has 126 valence electrons. The van der Waals surface area contributed by atoms with Crippen LogP contribution in [0, 0.1) is 6.92 Å². The van der Waals surface area contributed by atoms with Crippen molar-refractivity contribution in [1.82, 2.24) is 10.6 Å². The average Bonchev–Trinajstić information content (AvgIpc) is 2.63. The van der Waals surface area contributed by atoms with Crippen molar-refractivity contribution in [3.63, 3.8) is 0 Å². The molecule has 1 atom stereocenters. The third-order valence-corrected chi connectivity index (χ3v) is 3.87. The first-order valence-corrected chi connectivity index (χ1v) is 8.13. The summed E-state index contributed by atoms with van der Waals surface area (Å²) in [6.07, 6.45) is -0.0437. The van der Waals surface area contributed by atoms with E-state index >= 15 is 0 Å². The van der Waals surface area contributed by atoms with E-state index in [2.05, 4.69) is 46.8 Å². The molecule has 0 aliphatic carbocycles. The van der Waals surface area contributed by atoms with E-state index in [1.54, 1.807) is 7.05 Å². The van der Waals surface area contributed by atoms with Crippen LogP contribution in [0.5, 0.6) is 11.5 Å². The van der Waals surface area contributed by atoms with Crippen LogP contribution in [0.3, 0.4) is 0 Å². The minimum atomic E-state index is -0.0437. The lowest BCUT2D eigenvalue weighted by atomic mass is 10.1. The van der Waals surface area contributed by atoms with Gasteiger partial charge in [0.05, 0.1) is 6.54 Å². The maximum Gasteiger partial charge on any atom is 0.191 e. The highest BCUT2D eigenvalue weighted by Gasteiger charge is 2.20. The molecule has 0 aromatic heterocycles. The molecule has 3 rings (SSSR count). The molecule has 0 radical (unpaired) electrons. The lowest BCUT2D eigenvalue weighted by Gasteiger charge is -2.27. The fourth-order valence-electron chi connectivity index (χ4n) is 2.49. The number of hydrogen-bond acceptors (Lipinski definition) is 3. The summed E-state index contributed by atoms with van der Waals surface area (Å²) in [4.78, 5) is 4.25. The van der Waals surface area contributed by atoms with Crippen molar-refractivity contribution in [1.29, 1.82) is 0 Å². The molecule has 1 unspecified atom stereocenters. The third-order valence-electron chi connectivity index (χ3n) is 3.87. The predicted octanol–water partition coefficient (Wildman–Crippen LogP) is 2.50. The highest BCUT2D eigenvalue weighted by Crippen LogP contribution is 2.30. The van der Waals surface area contributed by atoms with E-state index in [-0.39, 0.29) is 6.10 Å². The molecular formula is C19H23N3O2. The van der Waals surface area contributed by atoms with Gasteiger partial charge in [-0.25, -0.2) is 0 Å². The van der Waals surface area contributed by atoms with Crippen LogP contribution in [-0.4, -0.2) is 32.3 Å². The van der Waals surface area contributed by atoms with E-state index in [1.165, 1.54) is 11.1 Å². The van der Waals surface area contributed by atoms with Crippen LogP contribution in [0.2, 0.25) is 0 Å². The van der Waals surface area contributed by atoms with Crippen LogP contribution in [0.4, 0.5) is 0 Å². The number of rotatable bonds is 4. The molecule has 0 saturated heterocycles. The van der Waals surface area contributed by atoms with Gasteiger partial charge in [0.15, 0.2) is 17.5 Å². The fraction of sp³-hybridized carbons (Fsp3) is 0.316. The van der Waals surface area contributed by atoms with Gasteiger partial charge in [-0.2, -0.15) is 0 Å². The van der Waals surface area contributed by atoms with Crippen molar-refractivity contribution < 1.29 is 9.47 Å². The van der Waals surface area contributed by atoms with Gasteiger partial charge in [0.1, 0.15) is 12.7 Å². The highest BCUT2D eigenvalue weighted by atomic mass is 16.6. The number of aryl methyl sites for hydroxylation is 1. The van der Waals surface area contributed by atoms with Crippen molar-refractivity contribution in [2.75, 3.05) is 20.2 Å². The Balaban J connectivity index is 1.47. The molecule has 0 spiro atoms. The Bertz CT molecular complexity index is 698. The maximum absolute atomic E-state index is 5.93. The number of aliphatic imine (C=N–C) groups is 1. The van der Waals surface area contributed by atoms with E-state index in [0.717, 1.165) is 24.0 Å². The summed E-state index contributed by atoms with van der Waals surface area (Å²) in [7, 11) is 1.76. The minimum Gasteiger partial charge on any atom is -0.486 e. The van der Waals surface area contributed by atoms with Gasteiger partial charge in [-0.05, 0) is 24.6 Å². The topological polar surface area (TPSA) is 54.9 Å². The summed E-state index contributed by atoms with van der Waals surface area (Å²) >= 11 is 0. The van der Waals surface area contributed by atoms with Crippen molar-refractivity contribution in [3.8, 4) is 11.5 Å². The largest absolute Gasteiger partial charge is 0.486 e. The molecule has 1 aliphatic rings. The number of fused-ring (bicyclic) bond motifs is 1. The first kappa shape index (κ1) is 16.2. The van der Waals surface area contributed by atoms with E-state index in [1.807, 2.05) is 24.3 Å². The summed E-state index contributed by atoms with van der Waals surface area (Å²) in [5, 5.41) is 6.59. The van der Waals surface area contributed by atoms with Crippen LogP contribution in [0.15, 0.2) is 53.5 Å². The SMILES string of the molecule is CN=C(NCc1ccc(C)cc1)NCC1COc2ccccc2O1. The average molecular weight is 325 g/mol. The van der Waals surface area contributed by atoms with Crippen LogP contribution < -0.4 is 20.1 Å². The van der Waals surface area contributed by atoms with Gasteiger partial charge in [-0.1, -0.05) is 42.0 Å². The summed E-state index contributed by atoms with van der Waals surface area (Å²) < 4.78 is 11.6. The Kier molecular flexibility index (Phi) is 5.21. The Morgan fingerprint density at radius 2 is 1.83 bits per heavy atom. The highest BCUT2D eigenvalue weighted by molar-refractivity contribution is 5.79. The van der Waals surface area contributed by atoms with Crippen molar-refractivity contribution >= 4 is 5.96 Å². The van der Waals surface area contributed by atoms with Crippen LogP contribution in [0.1, 0.15) is 11.1 Å². The summed E-state index contributed by atoms with van der Waals surface area (Å²) in [5.41, 5.74) is 2.48. The van der Waals surface area contributed by atoms with E-state index < -0.39 is 0 Å². The van der Waals surface area contributed by atoms with Gasteiger partial charge in [0, 0.05) is 13.6 Å². The van der Waals surface area contributed by atoms with Gasteiger partial charge in [-0.3, -0.25) is 4.99 Å². The minimum absolute atomic E-state index is 0.0437. The van der Waals surface area contributed by atoms with Crippen molar-refractivity contribution in [2.24, 2.45) is 4.99 Å². The van der Waals surface area contributed by atoms with E-state index in [9.17, 15) is 0 Å². The lowest BCUT2D eigenvalue weighted by Crippen LogP contribution is -2.45. The lowest BCUT2D eigenvalue weighted by molar-refractivity contribution is 0.0936. The molecule has 0 bridgehead atoms. The fourth-order valence-corrected chi connectivity index (χ4v) is 2.49. The zero-order valence-electron chi connectivity index (χ0n) is 14.1. The number of ether oxygens (including phenoxy) is 2. The Labute approximate surface area is 142 Å². The van der Waals surface area contributed by atoms with E-state index in [4.69, 9.17) is 9.47 Å². The van der Waals surface area contributed by atoms with Gasteiger partial charge in [0.25, 0.3) is 0 Å². The number of benzene rings is 2. The molecule has 2 N–H and O–H groups in total.